The van der Waals surface area contributed by atoms with Crippen LogP contribution in [0.25, 0.3) is 0 Å². The van der Waals surface area contributed by atoms with Crippen molar-refractivity contribution in [2.24, 2.45) is 17.8 Å². The maximum Gasteiger partial charge on any atom is 0.226 e. The number of carbonyl (C=O) groups is 1. The molecular formula is C17H23NO. The standard InChI is InChI=1S/C17H23NO/c1-12-8-13(2)11-18(10-12)17(19)16-9-15(16)14-6-4-3-5-7-14/h3-7,12-13,15-16H,8-11H2,1-2H3/t12-,13+,15-,16-/m0/s1. The molecule has 1 aromatic carbocycles. The molecule has 2 aliphatic rings. The molecule has 0 N–H and O–H groups in total. The van der Waals surface area contributed by atoms with Gasteiger partial charge >= 0.3 is 0 Å². The minimum absolute atomic E-state index is 0.250. The van der Waals surface area contributed by atoms with E-state index in [1.165, 1.54) is 12.0 Å². The first-order valence-corrected chi connectivity index (χ1v) is 7.49. The van der Waals surface area contributed by atoms with E-state index in [0.29, 0.717) is 23.7 Å². The third-order valence-corrected chi connectivity index (χ3v) is 4.52. The Labute approximate surface area is 115 Å². The number of piperidine rings is 1. The van der Waals surface area contributed by atoms with Gasteiger partial charge in [-0.2, -0.15) is 0 Å². The van der Waals surface area contributed by atoms with E-state index in [9.17, 15) is 4.79 Å². The van der Waals surface area contributed by atoms with Gasteiger partial charge < -0.3 is 4.90 Å². The van der Waals surface area contributed by atoms with Gasteiger partial charge in [0.2, 0.25) is 5.91 Å². The van der Waals surface area contributed by atoms with Crippen molar-refractivity contribution in [1.82, 2.24) is 4.90 Å². The van der Waals surface area contributed by atoms with Crippen LogP contribution in [0.5, 0.6) is 0 Å². The summed E-state index contributed by atoms with van der Waals surface area (Å²) in [5.41, 5.74) is 1.33. The summed E-state index contributed by atoms with van der Waals surface area (Å²) in [4.78, 5) is 14.7. The number of benzene rings is 1. The van der Waals surface area contributed by atoms with Crippen molar-refractivity contribution >= 4 is 5.91 Å². The Hall–Kier alpha value is -1.31. The average molecular weight is 257 g/mol. The zero-order valence-corrected chi connectivity index (χ0v) is 11.9. The molecule has 1 saturated carbocycles. The Kier molecular flexibility index (Phi) is 3.34. The fourth-order valence-electron chi connectivity index (χ4n) is 3.61. The summed E-state index contributed by atoms with van der Waals surface area (Å²) >= 11 is 0. The monoisotopic (exact) mass is 257 g/mol. The van der Waals surface area contributed by atoms with Crippen molar-refractivity contribution in [2.75, 3.05) is 13.1 Å². The minimum atomic E-state index is 0.250. The summed E-state index contributed by atoms with van der Waals surface area (Å²) in [5.74, 6) is 2.43. The third-order valence-electron chi connectivity index (χ3n) is 4.52. The van der Waals surface area contributed by atoms with E-state index in [4.69, 9.17) is 0 Å². The topological polar surface area (TPSA) is 20.3 Å². The minimum Gasteiger partial charge on any atom is -0.342 e. The van der Waals surface area contributed by atoms with E-state index in [2.05, 4.69) is 43.0 Å². The summed E-state index contributed by atoms with van der Waals surface area (Å²) in [6.45, 7) is 6.44. The zero-order valence-electron chi connectivity index (χ0n) is 11.9. The number of amides is 1. The summed E-state index contributed by atoms with van der Waals surface area (Å²) in [5, 5.41) is 0. The highest BCUT2D eigenvalue weighted by molar-refractivity contribution is 5.83. The van der Waals surface area contributed by atoms with Crippen molar-refractivity contribution in [1.29, 1.82) is 0 Å². The lowest BCUT2D eigenvalue weighted by Gasteiger charge is -2.35. The van der Waals surface area contributed by atoms with Crippen LogP contribution in [-0.4, -0.2) is 23.9 Å². The quantitative estimate of drug-likeness (QED) is 0.796. The first-order chi connectivity index (χ1) is 9.15. The first kappa shape index (κ1) is 12.7. The number of hydrogen-bond donors (Lipinski definition) is 0. The fourth-order valence-corrected chi connectivity index (χ4v) is 3.61. The van der Waals surface area contributed by atoms with Crippen LogP contribution in [0.4, 0.5) is 0 Å². The second-order valence-electron chi connectivity index (χ2n) is 6.55. The predicted molar refractivity (Wildman–Crippen MR) is 76.8 cm³/mol. The van der Waals surface area contributed by atoms with Crippen LogP contribution in [-0.2, 0) is 4.79 Å². The largest absolute Gasteiger partial charge is 0.342 e. The second kappa shape index (κ2) is 4.99. The Balaban J connectivity index is 1.63. The van der Waals surface area contributed by atoms with E-state index in [-0.39, 0.29) is 5.92 Å². The molecule has 2 fully saturated rings. The smallest absolute Gasteiger partial charge is 0.226 e. The van der Waals surface area contributed by atoms with Crippen molar-refractivity contribution in [3.63, 3.8) is 0 Å². The highest BCUT2D eigenvalue weighted by Crippen LogP contribution is 2.48. The van der Waals surface area contributed by atoms with Crippen LogP contribution in [0, 0.1) is 17.8 Å². The summed E-state index contributed by atoms with van der Waals surface area (Å²) in [6.07, 6.45) is 2.30. The number of likely N-dealkylation sites (tertiary alicyclic amines) is 1. The Morgan fingerprint density at radius 3 is 2.32 bits per heavy atom. The van der Waals surface area contributed by atoms with Crippen LogP contribution in [0.3, 0.4) is 0 Å². The van der Waals surface area contributed by atoms with Gasteiger partial charge in [0.15, 0.2) is 0 Å². The van der Waals surface area contributed by atoms with Crippen molar-refractivity contribution in [2.45, 2.75) is 32.6 Å². The molecule has 2 nitrogen and oxygen atoms in total. The van der Waals surface area contributed by atoms with E-state index in [1.807, 2.05) is 6.07 Å². The maximum absolute atomic E-state index is 12.6. The molecule has 0 aromatic heterocycles. The van der Waals surface area contributed by atoms with Gasteiger partial charge in [-0.25, -0.2) is 0 Å². The average Bonchev–Trinajstić information content (AvgIpc) is 3.18. The number of nitrogens with zero attached hydrogens (tertiary/aromatic N) is 1. The van der Waals surface area contributed by atoms with Crippen LogP contribution in [0.1, 0.15) is 38.2 Å². The normalized spacial score (nSPS) is 34.1. The van der Waals surface area contributed by atoms with Crippen LogP contribution in [0.2, 0.25) is 0 Å². The maximum atomic E-state index is 12.6. The van der Waals surface area contributed by atoms with Crippen LogP contribution in [0.15, 0.2) is 30.3 Å². The highest BCUT2D eigenvalue weighted by Gasteiger charge is 2.46. The number of rotatable bonds is 2. The molecule has 1 saturated heterocycles. The summed E-state index contributed by atoms with van der Waals surface area (Å²) in [7, 11) is 0. The van der Waals surface area contributed by atoms with Crippen molar-refractivity contribution in [3.05, 3.63) is 35.9 Å². The molecule has 0 spiro atoms. The van der Waals surface area contributed by atoms with Gasteiger partial charge in [-0.3, -0.25) is 4.79 Å². The van der Waals surface area contributed by atoms with Gasteiger partial charge in [0.1, 0.15) is 0 Å². The molecule has 1 aromatic rings. The highest BCUT2D eigenvalue weighted by atomic mass is 16.2. The van der Waals surface area contributed by atoms with Crippen LogP contribution < -0.4 is 0 Å². The summed E-state index contributed by atoms with van der Waals surface area (Å²) < 4.78 is 0. The van der Waals surface area contributed by atoms with Gasteiger partial charge in [-0.15, -0.1) is 0 Å². The zero-order chi connectivity index (χ0) is 13.4. The Morgan fingerprint density at radius 2 is 1.68 bits per heavy atom. The van der Waals surface area contributed by atoms with Gasteiger partial charge in [0, 0.05) is 19.0 Å². The fraction of sp³-hybridized carbons (Fsp3) is 0.588. The molecule has 3 rings (SSSR count). The lowest BCUT2D eigenvalue weighted by molar-refractivity contribution is -0.135. The van der Waals surface area contributed by atoms with E-state index < -0.39 is 0 Å². The van der Waals surface area contributed by atoms with E-state index >= 15 is 0 Å². The first-order valence-electron chi connectivity index (χ1n) is 7.49. The van der Waals surface area contributed by atoms with E-state index in [0.717, 1.165) is 19.5 Å². The summed E-state index contributed by atoms with van der Waals surface area (Å²) in [6, 6.07) is 10.5. The second-order valence-corrected chi connectivity index (χ2v) is 6.55. The molecule has 4 atom stereocenters. The Morgan fingerprint density at radius 1 is 1.05 bits per heavy atom. The molecule has 1 aliphatic carbocycles. The SMILES string of the molecule is C[C@@H]1C[C@H](C)CN(C(=O)[C@H]2C[C@H]2c2ccccc2)C1. The molecule has 1 heterocycles. The molecular weight excluding hydrogens is 234 g/mol. The Bertz CT molecular complexity index is 446. The van der Waals surface area contributed by atoms with E-state index in [1.54, 1.807) is 0 Å². The van der Waals surface area contributed by atoms with Gasteiger partial charge in [0.25, 0.3) is 0 Å². The molecule has 0 bridgehead atoms. The third kappa shape index (κ3) is 2.68. The molecule has 0 unspecified atom stereocenters. The van der Waals surface area contributed by atoms with Gasteiger partial charge in [-0.05, 0) is 36.2 Å². The number of carbonyl (C=O) groups excluding carboxylic acids is 1. The van der Waals surface area contributed by atoms with Crippen molar-refractivity contribution < 1.29 is 4.79 Å². The lowest BCUT2D eigenvalue weighted by atomic mass is 9.91. The molecule has 102 valence electrons. The predicted octanol–water partition coefficient (Wildman–Crippen LogP) is 3.29. The molecule has 19 heavy (non-hydrogen) atoms. The van der Waals surface area contributed by atoms with Gasteiger partial charge in [0.05, 0.1) is 0 Å². The number of hydrogen-bond acceptors (Lipinski definition) is 1. The van der Waals surface area contributed by atoms with Crippen molar-refractivity contribution in [3.8, 4) is 0 Å². The molecule has 0 radical (unpaired) electrons. The van der Waals surface area contributed by atoms with Crippen LogP contribution >= 0.6 is 0 Å². The van der Waals surface area contributed by atoms with Gasteiger partial charge in [-0.1, -0.05) is 44.2 Å². The molecule has 2 heteroatoms. The molecule has 1 aliphatic heterocycles. The molecule has 1 amide bonds. The lowest BCUT2D eigenvalue weighted by Crippen LogP contribution is -2.43.